The van der Waals surface area contributed by atoms with Crippen LogP contribution in [0, 0.1) is 5.92 Å². The predicted molar refractivity (Wildman–Crippen MR) is 98.2 cm³/mol. The average Bonchev–Trinajstić information content (AvgIpc) is 2.66. The van der Waals surface area contributed by atoms with E-state index >= 15 is 0 Å². The van der Waals surface area contributed by atoms with Crippen LogP contribution >= 0.6 is 0 Å². The highest BCUT2D eigenvalue weighted by Gasteiger charge is 2.46. The number of carbonyl (C=O) groups excluding carboxylic acids is 1. The highest BCUT2D eigenvalue weighted by atomic mass is 16.5. The van der Waals surface area contributed by atoms with E-state index in [0.29, 0.717) is 5.92 Å². The highest BCUT2D eigenvalue weighted by molar-refractivity contribution is 5.85. The molecule has 4 aliphatic rings. The molecule has 4 heterocycles. The zero-order chi connectivity index (χ0) is 17.7. The Kier molecular flexibility index (Phi) is 3.57. The summed E-state index contributed by atoms with van der Waals surface area (Å²) in [6.45, 7) is 3.37. The molecule has 6 rings (SSSR count). The predicted octanol–water partition coefficient (Wildman–Crippen LogP) is 3.71. The van der Waals surface area contributed by atoms with Crippen molar-refractivity contribution in [1.29, 1.82) is 0 Å². The summed E-state index contributed by atoms with van der Waals surface area (Å²) in [6.07, 6.45) is 2.36. The summed E-state index contributed by atoms with van der Waals surface area (Å²) in [5, 5.41) is 0. The molecule has 134 valence electrons. The van der Waals surface area contributed by atoms with Crippen molar-refractivity contribution < 1.29 is 18.8 Å². The minimum atomic E-state index is -0.406. The van der Waals surface area contributed by atoms with E-state index in [0.717, 1.165) is 46.5 Å². The van der Waals surface area contributed by atoms with Gasteiger partial charge in [0.25, 0.3) is 0 Å². The molecule has 1 atom stereocenters. The monoisotopic (exact) mass is 350 g/mol. The number of para-hydroxylation sites is 2. The molecule has 0 amide bonds. The maximum Gasteiger partial charge on any atom is 0.318 e. The summed E-state index contributed by atoms with van der Waals surface area (Å²) in [4.78, 5) is 13.3. The Balaban J connectivity index is 1.47. The number of benzene rings is 2. The molecule has 2 aromatic rings. The van der Waals surface area contributed by atoms with Crippen LogP contribution in [0.5, 0.6) is 11.5 Å². The summed E-state index contributed by atoms with van der Waals surface area (Å²) < 4.78 is 13.2. The standard InChI is InChI=1S/C22H24NO3/c1-23-12-10-15(11-13-23)20(14-23)26-22(24)21-16-6-2-4-8-18(16)25-19-9-5-3-7-17(19)21/h2-9,15,20-21H,10-14H2,1H3/q+1. The van der Waals surface area contributed by atoms with Gasteiger partial charge in [-0.05, 0) is 12.1 Å². The SMILES string of the molecule is C[N+]12CCC(CC1)C(OC(=O)C1c3ccccc3Oc3ccccc31)C2. The van der Waals surface area contributed by atoms with E-state index in [4.69, 9.17) is 9.47 Å². The van der Waals surface area contributed by atoms with E-state index in [9.17, 15) is 4.79 Å². The lowest BCUT2D eigenvalue weighted by atomic mass is 9.83. The van der Waals surface area contributed by atoms with Crippen molar-refractivity contribution in [3.05, 3.63) is 59.7 Å². The Morgan fingerprint density at radius 3 is 2.15 bits per heavy atom. The van der Waals surface area contributed by atoms with Gasteiger partial charge >= 0.3 is 5.97 Å². The van der Waals surface area contributed by atoms with Crippen LogP contribution in [0.4, 0.5) is 0 Å². The van der Waals surface area contributed by atoms with Gasteiger partial charge in [-0.15, -0.1) is 0 Å². The smallest absolute Gasteiger partial charge is 0.318 e. The van der Waals surface area contributed by atoms with Gasteiger partial charge in [-0.25, -0.2) is 0 Å². The maximum atomic E-state index is 13.3. The van der Waals surface area contributed by atoms with Crippen LogP contribution < -0.4 is 4.74 Å². The Hall–Kier alpha value is -2.33. The van der Waals surface area contributed by atoms with Crippen LogP contribution in [-0.2, 0) is 9.53 Å². The zero-order valence-electron chi connectivity index (χ0n) is 15.1. The van der Waals surface area contributed by atoms with Crippen molar-refractivity contribution in [3.63, 3.8) is 0 Å². The molecule has 2 aromatic carbocycles. The van der Waals surface area contributed by atoms with Crippen LogP contribution in [0.25, 0.3) is 0 Å². The maximum absolute atomic E-state index is 13.3. The first-order chi connectivity index (χ1) is 12.6. The zero-order valence-corrected chi connectivity index (χ0v) is 15.1. The average molecular weight is 350 g/mol. The van der Waals surface area contributed by atoms with Gasteiger partial charge in [-0.1, -0.05) is 36.4 Å². The van der Waals surface area contributed by atoms with Crippen molar-refractivity contribution in [2.45, 2.75) is 24.9 Å². The molecule has 1 unspecified atom stereocenters. The fourth-order valence-corrected chi connectivity index (χ4v) is 4.86. The van der Waals surface area contributed by atoms with Gasteiger partial charge in [-0.2, -0.15) is 0 Å². The molecule has 0 radical (unpaired) electrons. The molecule has 3 fully saturated rings. The molecule has 2 bridgehead atoms. The third kappa shape index (κ3) is 2.52. The first-order valence-electron chi connectivity index (χ1n) is 9.53. The molecule has 0 aliphatic carbocycles. The molecule has 3 saturated heterocycles. The fraction of sp³-hybridized carbons (Fsp3) is 0.409. The minimum Gasteiger partial charge on any atom is -0.457 e. The lowest BCUT2D eigenvalue weighted by molar-refractivity contribution is -0.928. The number of hydrogen-bond donors (Lipinski definition) is 0. The normalized spacial score (nSPS) is 29.4. The van der Waals surface area contributed by atoms with Crippen LogP contribution in [0.15, 0.2) is 48.5 Å². The van der Waals surface area contributed by atoms with Crippen molar-refractivity contribution in [2.24, 2.45) is 5.92 Å². The lowest BCUT2D eigenvalue weighted by Crippen LogP contribution is -2.62. The number of hydrogen-bond acceptors (Lipinski definition) is 3. The van der Waals surface area contributed by atoms with E-state index in [-0.39, 0.29) is 12.1 Å². The summed E-state index contributed by atoms with van der Waals surface area (Å²) in [5.41, 5.74) is 1.80. The van der Waals surface area contributed by atoms with Crippen LogP contribution in [0.2, 0.25) is 0 Å². The second kappa shape index (κ2) is 5.85. The molecule has 0 N–H and O–H groups in total. The number of ether oxygens (including phenoxy) is 2. The fourth-order valence-electron chi connectivity index (χ4n) is 4.86. The van der Waals surface area contributed by atoms with Gasteiger partial charge in [-0.3, -0.25) is 4.79 Å². The number of fused-ring (bicyclic) bond motifs is 5. The first-order valence-corrected chi connectivity index (χ1v) is 9.53. The third-order valence-electron chi connectivity index (χ3n) is 6.41. The number of piperidine rings is 3. The molecule has 4 aliphatic heterocycles. The molecule has 4 nitrogen and oxygen atoms in total. The summed E-state index contributed by atoms with van der Waals surface area (Å²) >= 11 is 0. The van der Waals surface area contributed by atoms with E-state index in [1.807, 2.05) is 48.5 Å². The topological polar surface area (TPSA) is 35.5 Å². The second-order valence-electron chi connectivity index (χ2n) is 8.17. The summed E-state index contributed by atoms with van der Waals surface area (Å²) in [6, 6.07) is 15.6. The van der Waals surface area contributed by atoms with Crippen molar-refractivity contribution in [2.75, 3.05) is 26.7 Å². The van der Waals surface area contributed by atoms with Crippen LogP contribution in [0.3, 0.4) is 0 Å². The molecule has 0 saturated carbocycles. The summed E-state index contributed by atoms with van der Waals surface area (Å²) in [7, 11) is 2.29. The Bertz CT molecular complexity index is 808. The Morgan fingerprint density at radius 1 is 1.00 bits per heavy atom. The van der Waals surface area contributed by atoms with E-state index in [1.165, 1.54) is 13.1 Å². The highest BCUT2D eigenvalue weighted by Crippen LogP contribution is 2.45. The van der Waals surface area contributed by atoms with Gasteiger partial charge in [0, 0.05) is 29.9 Å². The van der Waals surface area contributed by atoms with E-state index in [1.54, 1.807) is 0 Å². The van der Waals surface area contributed by atoms with Crippen molar-refractivity contribution >= 4 is 5.97 Å². The molecule has 0 spiro atoms. The molecular formula is C22H24NO3+. The van der Waals surface area contributed by atoms with Crippen molar-refractivity contribution in [3.8, 4) is 11.5 Å². The van der Waals surface area contributed by atoms with Gasteiger partial charge in [0.05, 0.1) is 20.1 Å². The van der Waals surface area contributed by atoms with Crippen LogP contribution in [0.1, 0.15) is 29.9 Å². The van der Waals surface area contributed by atoms with E-state index < -0.39 is 5.92 Å². The van der Waals surface area contributed by atoms with Gasteiger partial charge in [0.15, 0.2) is 6.10 Å². The third-order valence-corrected chi connectivity index (χ3v) is 6.41. The molecule has 26 heavy (non-hydrogen) atoms. The molecule has 4 heteroatoms. The number of nitrogens with zero attached hydrogens (tertiary/aromatic N) is 1. The second-order valence-corrected chi connectivity index (χ2v) is 8.17. The Morgan fingerprint density at radius 2 is 1.58 bits per heavy atom. The number of carbonyl (C=O) groups is 1. The number of quaternary nitrogens is 1. The summed E-state index contributed by atoms with van der Waals surface area (Å²) in [5.74, 6) is 1.47. The van der Waals surface area contributed by atoms with E-state index in [2.05, 4.69) is 7.05 Å². The Labute approximate surface area is 153 Å². The number of likely N-dealkylation sites (N-methyl/N-ethyl adjacent to an activating group) is 1. The van der Waals surface area contributed by atoms with Gasteiger partial charge in [0.2, 0.25) is 0 Å². The minimum absolute atomic E-state index is 0.0390. The van der Waals surface area contributed by atoms with Gasteiger partial charge in [0.1, 0.15) is 24.0 Å². The quantitative estimate of drug-likeness (QED) is 0.612. The largest absolute Gasteiger partial charge is 0.457 e. The molecule has 0 aromatic heterocycles. The van der Waals surface area contributed by atoms with Crippen molar-refractivity contribution in [1.82, 2.24) is 0 Å². The molecular weight excluding hydrogens is 326 g/mol. The van der Waals surface area contributed by atoms with Crippen LogP contribution in [-0.4, -0.2) is 43.2 Å². The first kappa shape index (κ1) is 15.9. The van der Waals surface area contributed by atoms with Gasteiger partial charge < -0.3 is 14.0 Å². The number of rotatable bonds is 2. The lowest BCUT2D eigenvalue weighted by Gasteiger charge is -2.50. The number of esters is 1.